The number of H-pyrrole nitrogens is 1. The van der Waals surface area contributed by atoms with E-state index in [1.54, 1.807) is 30.3 Å². The number of aryl methyl sites for hydroxylation is 1. The summed E-state index contributed by atoms with van der Waals surface area (Å²) >= 11 is 5.99. The molecule has 124 valence electrons. The molecule has 0 atom stereocenters. The molecule has 4 rings (SSSR count). The summed E-state index contributed by atoms with van der Waals surface area (Å²) in [5.74, 6) is 1.68. The van der Waals surface area contributed by atoms with Crippen molar-refractivity contribution in [2.75, 3.05) is 0 Å². The molecule has 0 saturated heterocycles. The van der Waals surface area contributed by atoms with E-state index in [4.69, 9.17) is 16.0 Å². The molecule has 6 nitrogen and oxygen atoms in total. The minimum absolute atomic E-state index is 0.0249. The van der Waals surface area contributed by atoms with Crippen LogP contribution in [-0.4, -0.2) is 14.9 Å². The molecule has 2 aromatic carbocycles. The summed E-state index contributed by atoms with van der Waals surface area (Å²) in [6, 6.07) is 13.7. The lowest BCUT2D eigenvalue weighted by atomic mass is 10.1. The molecule has 0 fully saturated rings. The van der Waals surface area contributed by atoms with E-state index in [0.717, 1.165) is 16.6 Å². The van der Waals surface area contributed by atoms with Crippen molar-refractivity contribution in [1.82, 2.24) is 9.97 Å². The van der Waals surface area contributed by atoms with Crippen LogP contribution < -0.4 is 0 Å². The highest BCUT2D eigenvalue weighted by Gasteiger charge is 2.15. The number of furan rings is 1. The minimum atomic E-state index is -0.421. The van der Waals surface area contributed by atoms with E-state index in [1.807, 2.05) is 13.0 Å². The number of aromatic nitrogens is 2. The first-order valence-corrected chi connectivity index (χ1v) is 7.90. The van der Waals surface area contributed by atoms with Gasteiger partial charge in [0.2, 0.25) is 0 Å². The second-order valence-corrected chi connectivity index (χ2v) is 6.10. The molecule has 0 saturated carbocycles. The van der Waals surface area contributed by atoms with Gasteiger partial charge in [-0.2, -0.15) is 0 Å². The lowest BCUT2D eigenvalue weighted by molar-refractivity contribution is -0.384. The van der Waals surface area contributed by atoms with Crippen LogP contribution in [0.4, 0.5) is 5.69 Å². The number of hydrogen-bond donors (Lipinski definition) is 1. The van der Waals surface area contributed by atoms with Crippen molar-refractivity contribution < 1.29 is 9.34 Å². The molecule has 1 N–H and O–H groups in total. The Morgan fingerprint density at radius 2 is 1.92 bits per heavy atom. The molecule has 2 heterocycles. The van der Waals surface area contributed by atoms with Crippen molar-refractivity contribution in [3.05, 3.63) is 69.2 Å². The maximum Gasteiger partial charge on any atom is 0.270 e. The summed E-state index contributed by atoms with van der Waals surface area (Å²) in [4.78, 5) is 18.2. The van der Waals surface area contributed by atoms with Gasteiger partial charge in [-0.15, -0.1) is 0 Å². The molecule has 0 amide bonds. The van der Waals surface area contributed by atoms with E-state index in [2.05, 4.69) is 9.97 Å². The number of fused-ring (bicyclic) bond motifs is 1. The zero-order valence-electron chi connectivity index (χ0n) is 13.1. The number of rotatable bonds is 3. The summed E-state index contributed by atoms with van der Waals surface area (Å²) in [7, 11) is 0. The van der Waals surface area contributed by atoms with Crippen molar-refractivity contribution in [3.63, 3.8) is 0 Å². The van der Waals surface area contributed by atoms with Crippen molar-refractivity contribution in [3.8, 4) is 22.9 Å². The van der Waals surface area contributed by atoms with Crippen molar-refractivity contribution in [1.29, 1.82) is 0 Å². The largest absolute Gasteiger partial charge is 0.453 e. The molecule has 0 radical (unpaired) electrons. The zero-order valence-corrected chi connectivity index (χ0v) is 13.9. The number of aromatic amines is 1. The third-order valence-electron chi connectivity index (χ3n) is 3.98. The Balaban J connectivity index is 1.77. The quantitative estimate of drug-likeness (QED) is 0.397. The third-order valence-corrected chi connectivity index (χ3v) is 4.22. The molecule has 0 aliphatic carbocycles. The SMILES string of the molecule is Cc1ccc([N+](=O)[O-])cc1-c1ccc(-c2nc3ccc(Cl)cc3[nH]2)o1. The zero-order chi connectivity index (χ0) is 17.6. The van der Waals surface area contributed by atoms with Crippen LogP contribution in [0.2, 0.25) is 5.02 Å². The van der Waals surface area contributed by atoms with E-state index in [1.165, 1.54) is 12.1 Å². The molecule has 0 aliphatic rings. The Morgan fingerprint density at radius 3 is 2.72 bits per heavy atom. The minimum Gasteiger partial charge on any atom is -0.453 e. The number of benzene rings is 2. The molecule has 4 aromatic rings. The normalized spacial score (nSPS) is 11.1. The fourth-order valence-corrected chi connectivity index (χ4v) is 2.87. The van der Waals surface area contributed by atoms with Gasteiger partial charge in [0.05, 0.1) is 16.0 Å². The summed E-state index contributed by atoms with van der Waals surface area (Å²) in [6.07, 6.45) is 0. The monoisotopic (exact) mass is 353 g/mol. The van der Waals surface area contributed by atoms with Gasteiger partial charge in [-0.3, -0.25) is 10.1 Å². The second-order valence-electron chi connectivity index (χ2n) is 5.67. The van der Waals surface area contributed by atoms with E-state index in [0.29, 0.717) is 27.9 Å². The van der Waals surface area contributed by atoms with E-state index in [9.17, 15) is 10.1 Å². The van der Waals surface area contributed by atoms with Crippen LogP contribution in [0, 0.1) is 17.0 Å². The van der Waals surface area contributed by atoms with Crippen LogP contribution in [0.15, 0.2) is 52.9 Å². The second kappa shape index (κ2) is 5.75. The first-order valence-electron chi connectivity index (χ1n) is 7.52. The van der Waals surface area contributed by atoms with Gasteiger partial charge < -0.3 is 9.40 Å². The topological polar surface area (TPSA) is 85.0 Å². The molecular formula is C18H12ClN3O3. The number of nitro groups is 1. The van der Waals surface area contributed by atoms with Crippen molar-refractivity contribution in [2.24, 2.45) is 0 Å². The molecule has 0 bridgehead atoms. The van der Waals surface area contributed by atoms with Crippen LogP contribution in [-0.2, 0) is 0 Å². The van der Waals surface area contributed by atoms with Crippen LogP contribution in [0.5, 0.6) is 0 Å². The van der Waals surface area contributed by atoms with Gasteiger partial charge in [0.15, 0.2) is 11.6 Å². The highest BCUT2D eigenvalue weighted by Crippen LogP contribution is 2.32. The van der Waals surface area contributed by atoms with Crippen molar-refractivity contribution >= 4 is 28.3 Å². The molecule has 2 aromatic heterocycles. The van der Waals surface area contributed by atoms with E-state index < -0.39 is 4.92 Å². The van der Waals surface area contributed by atoms with Crippen LogP contribution in [0.25, 0.3) is 33.9 Å². The Bertz CT molecular complexity index is 1110. The number of imidazole rings is 1. The van der Waals surface area contributed by atoms with E-state index in [-0.39, 0.29) is 5.69 Å². The van der Waals surface area contributed by atoms with Crippen LogP contribution >= 0.6 is 11.6 Å². The summed E-state index contributed by atoms with van der Waals surface area (Å²) in [6.45, 7) is 1.88. The number of halogens is 1. The third kappa shape index (κ3) is 2.77. The maximum atomic E-state index is 11.0. The highest BCUT2D eigenvalue weighted by atomic mass is 35.5. The molecule has 0 unspecified atom stereocenters. The Labute approximate surface area is 147 Å². The van der Waals surface area contributed by atoms with Gasteiger partial charge in [-0.05, 0) is 42.8 Å². The van der Waals surface area contributed by atoms with Crippen LogP contribution in [0.3, 0.4) is 0 Å². The Hall–Kier alpha value is -3.12. The number of nitrogens with one attached hydrogen (secondary N) is 1. The Morgan fingerprint density at radius 1 is 1.12 bits per heavy atom. The summed E-state index contributed by atoms with van der Waals surface area (Å²) in [5.41, 5.74) is 3.19. The average Bonchev–Trinajstić information content (AvgIpc) is 3.21. The summed E-state index contributed by atoms with van der Waals surface area (Å²) < 4.78 is 5.88. The van der Waals surface area contributed by atoms with Gasteiger partial charge in [-0.1, -0.05) is 17.7 Å². The molecule has 0 aliphatic heterocycles. The smallest absolute Gasteiger partial charge is 0.270 e. The van der Waals surface area contributed by atoms with Crippen molar-refractivity contribution in [2.45, 2.75) is 6.92 Å². The van der Waals surface area contributed by atoms with E-state index >= 15 is 0 Å². The number of hydrogen-bond acceptors (Lipinski definition) is 4. The molecule has 25 heavy (non-hydrogen) atoms. The Kier molecular flexibility index (Phi) is 3.54. The summed E-state index contributed by atoms with van der Waals surface area (Å²) in [5, 5.41) is 11.6. The van der Waals surface area contributed by atoms with Gasteiger partial charge in [0, 0.05) is 22.7 Å². The lowest BCUT2D eigenvalue weighted by Gasteiger charge is -2.02. The predicted octanol–water partition coefficient (Wildman–Crippen LogP) is 5.36. The molecular weight excluding hydrogens is 342 g/mol. The standard InChI is InChI=1S/C18H12ClN3O3/c1-10-2-4-12(22(23)24)9-13(10)16-6-7-17(25-16)18-20-14-5-3-11(19)8-15(14)21-18/h2-9H,1H3,(H,20,21). The van der Waals surface area contributed by atoms with Gasteiger partial charge in [0.1, 0.15) is 5.76 Å². The van der Waals surface area contributed by atoms with Gasteiger partial charge in [-0.25, -0.2) is 4.98 Å². The molecule has 7 heteroatoms. The van der Waals surface area contributed by atoms with Crippen LogP contribution in [0.1, 0.15) is 5.56 Å². The fraction of sp³-hybridized carbons (Fsp3) is 0.0556. The van der Waals surface area contributed by atoms with Gasteiger partial charge >= 0.3 is 0 Å². The highest BCUT2D eigenvalue weighted by molar-refractivity contribution is 6.31. The molecule has 0 spiro atoms. The maximum absolute atomic E-state index is 11.0. The number of nitro benzene ring substituents is 1. The first-order chi connectivity index (χ1) is 12.0. The fourth-order valence-electron chi connectivity index (χ4n) is 2.70. The van der Waals surface area contributed by atoms with Gasteiger partial charge in [0.25, 0.3) is 5.69 Å². The predicted molar refractivity (Wildman–Crippen MR) is 95.6 cm³/mol. The number of nitrogens with zero attached hydrogens (tertiary/aromatic N) is 2. The number of non-ortho nitro benzene ring substituents is 1. The average molecular weight is 354 g/mol. The first kappa shape index (κ1) is 15.4. The lowest BCUT2D eigenvalue weighted by Crippen LogP contribution is -1.89.